The molecule has 0 aliphatic rings. The fourth-order valence-electron chi connectivity index (χ4n) is 1.64. The van der Waals surface area contributed by atoms with Gasteiger partial charge >= 0.3 is 0 Å². The van der Waals surface area contributed by atoms with Gasteiger partial charge < -0.3 is 0 Å². The summed E-state index contributed by atoms with van der Waals surface area (Å²) in [5.74, 6) is 0.348. The van der Waals surface area contributed by atoms with Crippen molar-refractivity contribution in [1.82, 2.24) is 10.2 Å². The highest BCUT2D eigenvalue weighted by atomic mass is 16.1. The third kappa shape index (κ3) is 1.21. The normalized spacial score (nSPS) is 11.1. The van der Waals surface area contributed by atoms with Crippen LogP contribution in [0.3, 0.4) is 0 Å². The van der Waals surface area contributed by atoms with Crippen LogP contribution in [0.1, 0.15) is 35.8 Å². The Morgan fingerprint density at radius 3 is 2.86 bits per heavy atom. The number of hydrogen-bond donors (Lipinski definition) is 1. The maximum Gasteiger partial charge on any atom is 0.150 e. The van der Waals surface area contributed by atoms with E-state index in [1.807, 2.05) is 18.2 Å². The molecule has 0 aliphatic heterocycles. The molecule has 0 saturated heterocycles. The van der Waals surface area contributed by atoms with Crippen LogP contribution in [0.25, 0.3) is 10.9 Å². The molecule has 2 aromatic rings. The summed E-state index contributed by atoms with van der Waals surface area (Å²) in [4.78, 5) is 10.9. The summed E-state index contributed by atoms with van der Waals surface area (Å²) in [7, 11) is 0. The minimum Gasteiger partial charge on any atom is -0.298 e. The molecular weight excluding hydrogens is 176 g/mol. The first-order chi connectivity index (χ1) is 6.74. The SMILES string of the molecule is CC(C)c1[nH]nc2cccc(C=O)c12. The number of carbonyl (C=O) groups excluding carboxylic acids is 1. The molecule has 0 unspecified atom stereocenters. The Morgan fingerprint density at radius 2 is 2.21 bits per heavy atom. The number of nitrogens with one attached hydrogen (secondary N) is 1. The molecule has 0 bridgehead atoms. The third-order valence-corrected chi connectivity index (χ3v) is 2.35. The molecule has 2 rings (SSSR count). The summed E-state index contributed by atoms with van der Waals surface area (Å²) >= 11 is 0. The van der Waals surface area contributed by atoms with E-state index in [9.17, 15) is 4.79 Å². The molecule has 0 saturated carbocycles. The van der Waals surface area contributed by atoms with E-state index in [2.05, 4.69) is 24.0 Å². The van der Waals surface area contributed by atoms with Crippen molar-refractivity contribution in [2.75, 3.05) is 0 Å². The topological polar surface area (TPSA) is 45.8 Å². The molecule has 1 aromatic carbocycles. The number of aromatic nitrogens is 2. The Balaban J connectivity index is 2.80. The van der Waals surface area contributed by atoms with Crippen LogP contribution in [0.4, 0.5) is 0 Å². The standard InChI is InChI=1S/C11H12N2O/c1-7(2)11-10-8(6-14)4-3-5-9(10)12-13-11/h3-7H,1-2H3,(H,12,13). The Bertz CT molecular complexity index is 471. The number of benzene rings is 1. The van der Waals surface area contributed by atoms with E-state index in [1.165, 1.54) is 0 Å². The zero-order chi connectivity index (χ0) is 10.1. The molecule has 72 valence electrons. The molecule has 0 atom stereocenters. The predicted octanol–water partition coefficient (Wildman–Crippen LogP) is 2.50. The van der Waals surface area contributed by atoms with Crippen LogP contribution in [-0.2, 0) is 0 Å². The number of hydrogen-bond acceptors (Lipinski definition) is 2. The first-order valence-corrected chi connectivity index (χ1v) is 4.66. The van der Waals surface area contributed by atoms with Gasteiger partial charge in [0.05, 0.1) is 5.52 Å². The van der Waals surface area contributed by atoms with E-state index < -0.39 is 0 Å². The number of H-pyrrole nitrogens is 1. The minimum absolute atomic E-state index is 0.348. The smallest absolute Gasteiger partial charge is 0.150 e. The maximum atomic E-state index is 10.9. The van der Waals surface area contributed by atoms with Gasteiger partial charge in [-0.05, 0) is 12.0 Å². The van der Waals surface area contributed by atoms with E-state index in [0.29, 0.717) is 11.5 Å². The first kappa shape index (κ1) is 8.94. The van der Waals surface area contributed by atoms with Crippen LogP contribution >= 0.6 is 0 Å². The summed E-state index contributed by atoms with van der Waals surface area (Å²) in [5.41, 5.74) is 2.60. The summed E-state index contributed by atoms with van der Waals surface area (Å²) in [6.45, 7) is 4.16. The third-order valence-electron chi connectivity index (χ3n) is 2.35. The highest BCUT2D eigenvalue weighted by Crippen LogP contribution is 2.24. The average Bonchev–Trinajstić information content (AvgIpc) is 2.60. The van der Waals surface area contributed by atoms with Crippen LogP contribution in [0, 0.1) is 0 Å². The van der Waals surface area contributed by atoms with Gasteiger partial charge in [0.25, 0.3) is 0 Å². The lowest BCUT2D eigenvalue weighted by molar-refractivity contribution is 0.112. The lowest BCUT2D eigenvalue weighted by Crippen LogP contribution is -1.90. The van der Waals surface area contributed by atoms with Gasteiger partial charge in [0, 0.05) is 16.6 Å². The summed E-state index contributed by atoms with van der Waals surface area (Å²) in [5, 5.41) is 8.10. The van der Waals surface area contributed by atoms with E-state index in [-0.39, 0.29) is 0 Å². The van der Waals surface area contributed by atoms with Crippen LogP contribution < -0.4 is 0 Å². The molecule has 0 amide bonds. The largest absolute Gasteiger partial charge is 0.298 e. The van der Waals surface area contributed by atoms with Crippen molar-refractivity contribution in [3.63, 3.8) is 0 Å². The maximum absolute atomic E-state index is 10.9. The number of carbonyl (C=O) groups is 1. The molecule has 0 fully saturated rings. The Morgan fingerprint density at radius 1 is 1.43 bits per heavy atom. The second-order valence-electron chi connectivity index (χ2n) is 3.65. The van der Waals surface area contributed by atoms with E-state index in [0.717, 1.165) is 22.9 Å². The zero-order valence-corrected chi connectivity index (χ0v) is 8.24. The monoisotopic (exact) mass is 188 g/mol. The predicted molar refractivity (Wildman–Crippen MR) is 55.6 cm³/mol. The van der Waals surface area contributed by atoms with Crippen molar-refractivity contribution < 1.29 is 4.79 Å². The summed E-state index contributed by atoms with van der Waals surface area (Å²) < 4.78 is 0. The molecule has 0 spiro atoms. The van der Waals surface area contributed by atoms with Gasteiger partial charge in [-0.1, -0.05) is 26.0 Å². The summed E-state index contributed by atoms with van der Waals surface area (Å²) in [6, 6.07) is 5.57. The van der Waals surface area contributed by atoms with Crippen molar-refractivity contribution in [1.29, 1.82) is 0 Å². The van der Waals surface area contributed by atoms with Crippen molar-refractivity contribution in [2.45, 2.75) is 19.8 Å². The van der Waals surface area contributed by atoms with Crippen molar-refractivity contribution in [3.05, 3.63) is 29.5 Å². The second-order valence-corrected chi connectivity index (χ2v) is 3.65. The Labute approximate surface area is 82.1 Å². The zero-order valence-electron chi connectivity index (χ0n) is 8.24. The number of rotatable bonds is 2. The molecule has 1 aromatic heterocycles. The molecular formula is C11H12N2O. The van der Waals surface area contributed by atoms with Gasteiger partial charge in [0.1, 0.15) is 0 Å². The van der Waals surface area contributed by atoms with E-state index >= 15 is 0 Å². The van der Waals surface area contributed by atoms with Gasteiger partial charge in [-0.25, -0.2) is 0 Å². The molecule has 3 nitrogen and oxygen atoms in total. The lowest BCUT2D eigenvalue weighted by Gasteiger charge is -2.02. The molecule has 1 heterocycles. The second kappa shape index (κ2) is 3.25. The number of nitrogens with zero attached hydrogens (tertiary/aromatic N) is 1. The van der Waals surface area contributed by atoms with Crippen LogP contribution in [0.2, 0.25) is 0 Å². The first-order valence-electron chi connectivity index (χ1n) is 4.66. The molecule has 14 heavy (non-hydrogen) atoms. The van der Waals surface area contributed by atoms with Gasteiger partial charge in [0.2, 0.25) is 0 Å². The fourth-order valence-corrected chi connectivity index (χ4v) is 1.64. The molecule has 0 radical (unpaired) electrons. The minimum atomic E-state index is 0.348. The summed E-state index contributed by atoms with van der Waals surface area (Å²) in [6.07, 6.45) is 0.879. The quantitative estimate of drug-likeness (QED) is 0.736. The van der Waals surface area contributed by atoms with E-state index in [4.69, 9.17) is 0 Å². The van der Waals surface area contributed by atoms with Gasteiger partial charge in [-0.3, -0.25) is 9.89 Å². The lowest BCUT2D eigenvalue weighted by atomic mass is 10.0. The highest BCUT2D eigenvalue weighted by Gasteiger charge is 2.11. The van der Waals surface area contributed by atoms with Crippen LogP contribution in [0.5, 0.6) is 0 Å². The average molecular weight is 188 g/mol. The van der Waals surface area contributed by atoms with Gasteiger partial charge in [-0.2, -0.15) is 5.10 Å². The van der Waals surface area contributed by atoms with Crippen molar-refractivity contribution >= 4 is 17.2 Å². The van der Waals surface area contributed by atoms with Crippen LogP contribution in [-0.4, -0.2) is 16.5 Å². The number of aldehydes is 1. The molecule has 3 heteroatoms. The highest BCUT2D eigenvalue weighted by molar-refractivity contribution is 5.98. The van der Waals surface area contributed by atoms with Crippen molar-refractivity contribution in [2.24, 2.45) is 0 Å². The van der Waals surface area contributed by atoms with Gasteiger partial charge in [-0.15, -0.1) is 0 Å². The molecule has 0 aliphatic carbocycles. The fraction of sp³-hybridized carbons (Fsp3) is 0.273. The molecule has 1 N–H and O–H groups in total. The van der Waals surface area contributed by atoms with Crippen LogP contribution in [0.15, 0.2) is 18.2 Å². The Hall–Kier alpha value is -1.64. The van der Waals surface area contributed by atoms with Crippen molar-refractivity contribution in [3.8, 4) is 0 Å². The van der Waals surface area contributed by atoms with E-state index in [1.54, 1.807) is 0 Å². The van der Waals surface area contributed by atoms with Gasteiger partial charge in [0.15, 0.2) is 6.29 Å². The Kier molecular flexibility index (Phi) is 2.08. The number of fused-ring (bicyclic) bond motifs is 1. The number of aromatic amines is 1.